The molecule has 1 amide bonds. The lowest BCUT2D eigenvalue weighted by molar-refractivity contribution is -0.220. The highest BCUT2D eigenvalue weighted by atomic mass is 31.2. The third-order valence-electron chi connectivity index (χ3n) is 13.2. The molecule has 0 heterocycles. The number of hydrogen-bond donors (Lipinski definition) is 9. The number of rotatable bonds is 46. The van der Waals surface area contributed by atoms with Gasteiger partial charge in [-0.2, -0.15) is 0 Å². The molecule has 0 spiro atoms. The zero-order valence-corrected chi connectivity index (χ0v) is 43.7. The number of unbranched alkanes of at least 4 members (excludes halogenated alkanes) is 30. The average molecular weight is 988 g/mol. The van der Waals surface area contributed by atoms with Crippen LogP contribution in [0.2, 0.25) is 0 Å². The van der Waals surface area contributed by atoms with Crippen molar-refractivity contribution in [3.8, 4) is 0 Å². The van der Waals surface area contributed by atoms with Crippen molar-refractivity contribution >= 4 is 13.7 Å². The molecule has 13 nitrogen and oxygen atoms in total. The van der Waals surface area contributed by atoms with E-state index in [1.165, 1.54) is 154 Å². The van der Waals surface area contributed by atoms with Gasteiger partial charge in [0.25, 0.3) is 0 Å². The quantitative estimate of drug-likeness (QED) is 0.0120. The van der Waals surface area contributed by atoms with Gasteiger partial charge in [-0.3, -0.25) is 13.8 Å². The van der Waals surface area contributed by atoms with Gasteiger partial charge in [-0.05, 0) is 44.9 Å². The molecule has 8 unspecified atom stereocenters. The monoisotopic (exact) mass is 988 g/mol. The van der Waals surface area contributed by atoms with Crippen LogP contribution >= 0.6 is 7.82 Å². The predicted octanol–water partition coefficient (Wildman–Crippen LogP) is 10.9. The number of phosphoric ester groups is 1. The van der Waals surface area contributed by atoms with E-state index in [2.05, 4.69) is 43.5 Å². The minimum Gasteiger partial charge on any atom is -0.393 e. The van der Waals surface area contributed by atoms with E-state index in [-0.39, 0.29) is 6.42 Å². The molecule has 0 aliphatic heterocycles. The van der Waals surface area contributed by atoms with E-state index in [0.717, 1.165) is 57.8 Å². The van der Waals surface area contributed by atoms with Crippen LogP contribution in [0.4, 0.5) is 0 Å². The van der Waals surface area contributed by atoms with Crippen LogP contribution < -0.4 is 5.32 Å². The Hall–Kier alpha value is -1.48. The molecule has 0 aromatic heterocycles. The SMILES string of the molecule is CCCCC/C=C\C=C/CCCCCCCCCCC(O)CC(=O)NC(COP(=O)(O)OC1C(O)C(O)C(O)C(O)C1O)C(O)/C=C/CCCCCCCCCCCCCCCCCCCCC. The maximum Gasteiger partial charge on any atom is 0.472 e. The van der Waals surface area contributed by atoms with Crippen molar-refractivity contribution in [2.24, 2.45) is 0 Å². The first kappa shape index (κ1) is 64.5. The topological polar surface area (TPSA) is 226 Å². The summed E-state index contributed by atoms with van der Waals surface area (Å²) in [7, 11) is -5.15. The van der Waals surface area contributed by atoms with E-state index in [1.54, 1.807) is 6.08 Å². The summed E-state index contributed by atoms with van der Waals surface area (Å²) >= 11 is 0. The Morgan fingerprint density at radius 2 is 0.882 bits per heavy atom. The molecule has 0 saturated heterocycles. The Morgan fingerprint density at radius 3 is 1.32 bits per heavy atom. The average Bonchev–Trinajstić information content (AvgIpc) is 3.31. The summed E-state index contributed by atoms with van der Waals surface area (Å²) in [5.41, 5.74) is 0. The molecule has 0 radical (unpaired) electrons. The van der Waals surface area contributed by atoms with Crippen molar-refractivity contribution in [2.45, 2.75) is 293 Å². The van der Waals surface area contributed by atoms with Crippen LogP contribution in [0.1, 0.15) is 239 Å². The molecule has 68 heavy (non-hydrogen) atoms. The second kappa shape index (κ2) is 43.1. The maximum atomic E-state index is 13.1. The van der Waals surface area contributed by atoms with E-state index < -0.39 is 75.2 Å². The molecule has 8 atom stereocenters. The fourth-order valence-corrected chi connectivity index (χ4v) is 9.73. The van der Waals surface area contributed by atoms with Gasteiger partial charge in [0.1, 0.15) is 36.6 Å². The summed E-state index contributed by atoms with van der Waals surface area (Å²) in [6, 6.07) is -1.24. The lowest BCUT2D eigenvalue weighted by Gasteiger charge is -2.41. The maximum absolute atomic E-state index is 13.1. The number of amides is 1. The van der Waals surface area contributed by atoms with Crippen molar-refractivity contribution in [1.82, 2.24) is 5.32 Å². The Morgan fingerprint density at radius 1 is 0.529 bits per heavy atom. The Bertz CT molecular complexity index is 1300. The van der Waals surface area contributed by atoms with Gasteiger partial charge in [0, 0.05) is 0 Å². The summed E-state index contributed by atoms with van der Waals surface area (Å²) in [6.45, 7) is 3.75. The van der Waals surface area contributed by atoms with Crippen LogP contribution in [0.3, 0.4) is 0 Å². The highest BCUT2D eigenvalue weighted by molar-refractivity contribution is 7.47. The molecule has 9 N–H and O–H groups in total. The molecule has 1 saturated carbocycles. The van der Waals surface area contributed by atoms with Crippen molar-refractivity contribution in [1.29, 1.82) is 0 Å². The zero-order valence-electron chi connectivity index (χ0n) is 42.8. The van der Waals surface area contributed by atoms with Crippen LogP contribution in [0.25, 0.3) is 0 Å². The summed E-state index contributed by atoms with van der Waals surface area (Å²) in [4.78, 5) is 23.6. The van der Waals surface area contributed by atoms with Gasteiger partial charge in [-0.15, -0.1) is 0 Å². The number of nitrogens with one attached hydrogen (secondary N) is 1. The number of allylic oxidation sites excluding steroid dienone is 5. The number of carbonyl (C=O) groups excluding carboxylic acids is 1. The molecule has 0 aromatic carbocycles. The largest absolute Gasteiger partial charge is 0.472 e. The number of carbonyl (C=O) groups is 1. The number of hydrogen-bond acceptors (Lipinski definition) is 11. The minimum atomic E-state index is -5.15. The van der Waals surface area contributed by atoms with Crippen LogP contribution in [0.15, 0.2) is 36.5 Å². The molecule has 14 heteroatoms. The lowest BCUT2D eigenvalue weighted by atomic mass is 9.85. The van der Waals surface area contributed by atoms with Crippen LogP contribution in [0, 0.1) is 0 Å². The highest BCUT2D eigenvalue weighted by Crippen LogP contribution is 2.47. The fourth-order valence-electron chi connectivity index (χ4n) is 8.76. The summed E-state index contributed by atoms with van der Waals surface area (Å²) in [5.74, 6) is -0.595. The Balaban J connectivity index is 2.46. The molecular formula is C54H102NO12P. The van der Waals surface area contributed by atoms with Gasteiger partial charge in [-0.25, -0.2) is 4.57 Å². The lowest BCUT2D eigenvalue weighted by Crippen LogP contribution is -2.64. The Labute approximate surface area is 413 Å². The predicted molar refractivity (Wildman–Crippen MR) is 275 cm³/mol. The van der Waals surface area contributed by atoms with E-state index in [1.807, 2.05) is 0 Å². The Kier molecular flexibility index (Phi) is 40.9. The first-order chi connectivity index (χ1) is 32.8. The number of phosphoric acid groups is 1. The smallest absolute Gasteiger partial charge is 0.393 e. The normalized spacial score (nSPS) is 22.3. The highest BCUT2D eigenvalue weighted by Gasteiger charge is 2.51. The fraction of sp³-hybridized carbons (Fsp3) is 0.870. The third-order valence-corrected chi connectivity index (χ3v) is 14.2. The van der Waals surface area contributed by atoms with E-state index >= 15 is 0 Å². The molecule has 0 bridgehead atoms. The van der Waals surface area contributed by atoms with Gasteiger partial charge >= 0.3 is 7.82 Å². The molecule has 0 aromatic rings. The minimum absolute atomic E-state index is 0.249. The first-order valence-electron chi connectivity index (χ1n) is 27.5. The summed E-state index contributed by atoms with van der Waals surface area (Å²) in [6.07, 6.45) is 37.9. The van der Waals surface area contributed by atoms with Crippen LogP contribution in [0.5, 0.6) is 0 Å². The second-order valence-corrected chi connectivity index (χ2v) is 21.1. The molecule has 1 rings (SSSR count). The van der Waals surface area contributed by atoms with Gasteiger partial charge in [0.15, 0.2) is 0 Å². The van der Waals surface area contributed by atoms with Crippen molar-refractivity contribution in [2.75, 3.05) is 6.61 Å². The molecule has 1 fully saturated rings. The number of aliphatic hydroxyl groups excluding tert-OH is 7. The first-order valence-corrected chi connectivity index (χ1v) is 29.0. The van der Waals surface area contributed by atoms with Crippen molar-refractivity contribution in [3.05, 3.63) is 36.5 Å². The van der Waals surface area contributed by atoms with Crippen molar-refractivity contribution in [3.63, 3.8) is 0 Å². The summed E-state index contributed by atoms with van der Waals surface area (Å²) in [5, 5.41) is 74.8. The van der Waals surface area contributed by atoms with E-state index in [4.69, 9.17) is 9.05 Å². The van der Waals surface area contributed by atoms with Gasteiger partial charge < -0.3 is 46.0 Å². The van der Waals surface area contributed by atoms with E-state index in [0.29, 0.717) is 12.8 Å². The van der Waals surface area contributed by atoms with Gasteiger partial charge in [0.2, 0.25) is 5.91 Å². The van der Waals surface area contributed by atoms with E-state index in [9.17, 15) is 50.0 Å². The standard InChI is InChI=1S/C54H102NO12P/c1-3-5-7-9-11-13-15-17-19-21-22-23-24-26-28-30-32-34-36-38-40-42-47(57)46(44-66-68(64,65)67-54-52(62)50(60)49(59)51(61)53(54)63)55-48(58)43-45(56)41-39-37-35-33-31-29-27-25-20-18-16-14-12-10-8-6-4-2/h12,14,16,18,40,42,45-47,49-54,56-57,59-63H,3-11,13,15,17,19-39,41,43-44H2,1-2H3,(H,55,58)(H,64,65)/b14-12-,18-16-,42-40+. The molecule has 400 valence electrons. The van der Waals surface area contributed by atoms with Crippen LogP contribution in [-0.2, 0) is 18.4 Å². The molecule has 1 aliphatic carbocycles. The summed E-state index contributed by atoms with van der Waals surface area (Å²) < 4.78 is 23.0. The third kappa shape index (κ3) is 34.0. The second-order valence-electron chi connectivity index (χ2n) is 19.6. The molecule has 1 aliphatic rings. The van der Waals surface area contributed by atoms with Gasteiger partial charge in [0.05, 0.1) is 31.3 Å². The molecular weight excluding hydrogens is 886 g/mol. The van der Waals surface area contributed by atoms with Gasteiger partial charge in [-0.1, -0.05) is 224 Å². The van der Waals surface area contributed by atoms with Crippen molar-refractivity contribution < 1.29 is 59.0 Å². The number of aliphatic hydroxyl groups is 7. The zero-order chi connectivity index (χ0) is 50.1. The van der Waals surface area contributed by atoms with Crippen LogP contribution in [-0.4, -0.2) is 108 Å².